The molecule has 0 fully saturated rings. The van der Waals surface area contributed by atoms with Gasteiger partial charge in [-0.25, -0.2) is 0 Å². The molecule has 2 aromatic heterocycles. The van der Waals surface area contributed by atoms with E-state index in [1.54, 1.807) is 43.8 Å². The molecule has 1 amide bonds. The Hall–Kier alpha value is -2.30. The smallest absolute Gasteiger partial charge is 0.237 e. The normalized spacial score (nSPS) is 11.7. The summed E-state index contributed by atoms with van der Waals surface area (Å²) in [6, 6.07) is 9.43. The number of nitrogens with one attached hydrogen (secondary N) is 2. The van der Waals surface area contributed by atoms with E-state index in [4.69, 9.17) is 9.47 Å². The number of hydrogen-bond acceptors (Lipinski definition) is 9. The second-order valence-corrected chi connectivity index (χ2v) is 9.55. The number of ether oxygens (including phenoxy) is 2. The zero-order chi connectivity index (χ0) is 20.6. The lowest BCUT2D eigenvalue weighted by atomic mass is 10.2. The van der Waals surface area contributed by atoms with Crippen LogP contribution in [0.25, 0.3) is 0 Å². The molecule has 154 valence electrons. The van der Waals surface area contributed by atoms with Crippen LogP contribution in [0.5, 0.6) is 11.5 Å². The lowest BCUT2D eigenvalue weighted by molar-refractivity contribution is -0.115. The summed E-state index contributed by atoms with van der Waals surface area (Å²) < 4.78 is 11.2. The fraction of sp³-hybridized carbons (Fsp3) is 0.316. The van der Waals surface area contributed by atoms with Gasteiger partial charge in [-0.1, -0.05) is 29.2 Å². The number of amides is 1. The second-order valence-electron chi connectivity index (χ2n) is 5.95. The summed E-state index contributed by atoms with van der Waals surface area (Å²) in [6.07, 6.45) is 0.948. The molecule has 3 aromatic rings. The number of thioether (sulfide) groups is 1. The molecule has 3 rings (SSSR count). The average Bonchev–Trinajstić information content (AvgIpc) is 3.40. The minimum Gasteiger partial charge on any atom is -0.493 e. The van der Waals surface area contributed by atoms with Gasteiger partial charge in [-0.3, -0.25) is 4.79 Å². The first-order valence-corrected chi connectivity index (χ1v) is 11.5. The van der Waals surface area contributed by atoms with E-state index in [1.807, 2.05) is 13.0 Å². The SMILES string of the molecule is COc1ccc(NC(=O)C(C)Sc2nnc(NCCc3cccs3)s2)cc1OC. The van der Waals surface area contributed by atoms with E-state index in [-0.39, 0.29) is 11.2 Å². The molecule has 0 aliphatic carbocycles. The van der Waals surface area contributed by atoms with Crippen LogP contribution in [0.15, 0.2) is 40.1 Å². The Kier molecular flexibility index (Phi) is 7.73. The molecule has 0 saturated carbocycles. The van der Waals surface area contributed by atoms with Crippen molar-refractivity contribution in [3.05, 3.63) is 40.6 Å². The van der Waals surface area contributed by atoms with Gasteiger partial charge in [-0.15, -0.1) is 21.5 Å². The fourth-order valence-corrected chi connectivity index (χ4v) is 5.07. The number of thiophene rings is 1. The number of aromatic nitrogens is 2. The van der Waals surface area contributed by atoms with Gasteiger partial charge in [0.05, 0.1) is 19.5 Å². The highest BCUT2D eigenvalue weighted by atomic mass is 32.2. The van der Waals surface area contributed by atoms with Gasteiger partial charge in [0.15, 0.2) is 15.8 Å². The zero-order valence-corrected chi connectivity index (χ0v) is 18.7. The van der Waals surface area contributed by atoms with Crippen LogP contribution in [0.3, 0.4) is 0 Å². The minimum absolute atomic E-state index is 0.121. The van der Waals surface area contributed by atoms with Gasteiger partial charge in [0, 0.05) is 23.2 Å². The Morgan fingerprint density at radius 1 is 1.21 bits per heavy atom. The number of hydrogen-bond donors (Lipinski definition) is 2. The van der Waals surface area contributed by atoms with E-state index >= 15 is 0 Å². The third-order valence-electron chi connectivity index (χ3n) is 3.93. The van der Waals surface area contributed by atoms with E-state index in [0.29, 0.717) is 17.2 Å². The molecule has 2 heterocycles. The quantitative estimate of drug-likeness (QED) is 0.443. The minimum atomic E-state index is -0.324. The highest BCUT2D eigenvalue weighted by Crippen LogP contribution is 2.32. The molecule has 0 spiro atoms. The first-order valence-electron chi connectivity index (χ1n) is 8.88. The molecule has 1 aromatic carbocycles. The number of carbonyl (C=O) groups is 1. The van der Waals surface area contributed by atoms with Crippen molar-refractivity contribution >= 4 is 51.2 Å². The van der Waals surface area contributed by atoms with Gasteiger partial charge in [-0.2, -0.15) is 0 Å². The van der Waals surface area contributed by atoms with Crippen molar-refractivity contribution in [1.82, 2.24) is 10.2 Å². The van der Waals surface area contributed by atoms with E-state index in [9.17, 15) is 4.79 Å². The van der Waals surface area contributed by atoms with Crippen molar-refractivity contribution in [2.24, 2.45) is 0 Å². The van der Waals surface area contributed by atoms with Crippen molar-refractivity contribution in [3.63, 3.8) is 0 Å². The fourth-order valence-electron chi connectivity index (χ4n) is 2.44. The van der Waals surface area contributed by atoms with Crippen LogP contribution in [-0.4, -0.2) is 42.1 Å². The average molecular weight is 451 g/mol. The van der Waals surface area contributed by atoms with Crippen LogP contribution in [-0.2, 0) is 11.2 Å². The van der Waals surface area contributed by atoms with Gasteiger partial charge in [0.25, 0.3) is 0 Å². The van der Waals surface area contributed by atoms with Crippen LogP contribution in [0.2, 0.25) is 0 Å². The van der Waals surface area contributed by atoms with Crippen LogP contribution in [0.1, 0.15) is 11.8 Å². The van der Waals surface area contributed by atoms with Crippen LogP contribution in [0, 0.1) is 0 Å². The van der Waals surface area contributed by atoms with E-state index in [1.165, 1.54) is 28.0 Å². The van der Waals surface area contributed by atoms with Gasteiger partial charge < -0.3 is 20.1 Å². The van der Waals surface area contributed by atoms with E-state index in [2.05, 4.69) is 32.3 Å². The maximum atomic E-state index is 12.5. The van der Waals surface area contributed by atoms with Crippen LogP contribution >= 0.6 is 34.4 Å². The summed E-state index contributed by atoms with van der Waals surface area (Å²) in [5, 5.41) is 17.0. The summed E-state index contributed by atoms with van der Waals surface area (Å²) in [6.45, 7) is 2.64. The summed E-state index contributed by atoms with van der Waals surface area (Å²) in [4.78, 5) is 13.8. The summed E-state index contributed by atoms with van der Waals surface area (Å²) in [5.74, 6) is 1.05. The van der Waals surface area contributed by atoms with Crippen molar-refractivity contribution in [3.8, 4) is 11.5 Å². The number of nitrogens with zero attached hydrogens (tertiary/aromatic N) is 2. The highest BCUT2D eigenvalue weighted by molar-refractivity contribution is 8.02. The first kappa shape index (κ1) is 21.4. The van der Waals surface area contributed by atoms with Crippen molar-refractivity contribution < 1.29 is 14.3 Å². The van der Waals surface area contributed by atoms with Gasteiger partial charge in [0.2, 0.25) is 11.0 Å². The molecule has 0 saturated heterocycles. The Morgan fingerprint density at radius 2 is 2.03 bits per heavy atom. The third-order valence-corrected chi connectivity index (χ3v) is 6.93. The molecule has 1 atom stereocenters. The summed E-state index contributed by atoms with van der Waals surface area (Å²) >= 11 is 4.57. The van der Waals surface area contributed by atoms with Gasteiger partial charge >= 0.3 is 0 Å². The zero-order valence-electron chi connectivity index (χ0n) is 16.3. The molecule has 0 aliphatic heterocycles. The molecule has 1 unspecified atom stereocenters. The number of rotatable bonds is 10. The number of anilines is 2. The largest absolute Gasteiger partial charge is 0.493 e. The Labute approximate surface area is 181 Å². The second kappa shape index (κ2) is 10.5. The molecule has 7 nitrogen and oxygen atoms in total. The Morgan fingerprint density at radius 3 is 2.76 bits per heavy atom. The van der Waals surface area contributed by atoms with Crippen LogP contribution < -0.4 is 20.1 Å². The Bertz CT molecular complexity index is 931. The maximum absolute atomic E-state index is 12.5. The molecular weight excluding hydrogens is 428 g/mol. The molecular formula is C19H22N4O3S3. The summed E-state index contributed by atoms with van der Waals surface area (Å²) in [7, 11) is 3.13. The van der Waals surface area contributed by atoms with Crippen molar-refractivity contribution in [1.29, 1.82) is 0 Å². The molecule has 0 bridgehead atoms. The third kappa shape index (κ3) is 6.09. The van der Waals surface area contributed by atoms with Crippen LogP contribution in [0.4, 0.5) is 10.8 Å². The molecule has 29 heavy (non-hydrogen) atoms. The predicted molar refractivity (Wildman–Crippen MR) is 120 cm³/mol. The van der Waals surface area contributed by atoms with Crippen molar-refractivity contribution in [2.45, 2.75) is 22.9 Å². The van der Waals surface area contributed by atoms with Gasteiger partial charge in [0.1, 0.15) is 0 Å². The number of carbonyl (C=O) groups excluding carboxylic acids is 1. The molecule has 2 N–H and O–H groups in total. The van der Waals surface area contributed by atoms with E-state index in [0.717, 1.165) is 22.4 Å². The standard InChI is InChI=1S/C19H22N4O3S3/c1-12(17(24)21-13-6-7-15(25-2)16(11-13)26-3)28-19-23-22-18(29-19)20-9-8-14-5-4-10-27-14/h4-7,10-12H,8-9H2,1-3H3,(H,20,22)(H,21,24). The lowest BCUT2D eigenvalue weighted by Gasteiger charge is -2.13. The molecule has 0 radical (unpaired) electrons. The summed E-state index contributed by atoms with van der Waals surface area (Å²) in [5.41, 5.74) is 0.647. The predicted octanol–water partition coefficient (Wildman–Crippen LogP) is 4.39. The molecule has 0 aliphatic rings. The van der Waals surface area contributed by atoms with Gasteiger partial charge in [-0.05, 0) is 36.9 Å². The first-order chi connectivity index (χ1) is 14.1. The lowest BCUT2D eigenvalue weighted by Crippen LogP contribution is -2.22. The highest BCUT2D eigenvalue weighted by Gasteiger charge is 2.18. The topological polar surface area (TPSA) is 85.4 Å². The maximum Gasteiger partial charge on any atom is 0.237 e. The number of benzene rings is 1. The van der Waals surface area contributed by atoms with E-state index < -0.39 is 0 Å². The van der Waals surface area contributed by atoms with Crippen molar-refractivity contribution in [2.75, 3.05) is 31.4 Å². The monoisotopic (exact) mass is 450 g/mol. The Balaban J connectivity index is 1.50. The molecule has 10 heteroatoms. The number of methoxy groups -OCH3 is 2.